The predicted octanol–water partition coefficient (Wildman–Crippen LogP) is 4.15. The Morgan fingerprint density at radius 3 is 2.09 bits per heavy atom. The molecule has 1 atom stereocenters. The number of aryl methyl sites for hydroxylation is 1. The maximum atomic E-state index is 13.1. The fourth-order valence-corrected chi connectivity index (χ4v) is 3.29. The molecule has 2 N–H and O–H groups in total. The van der Waals surface area contributed by atoms with Gasteiger partial charge in [0, 0.05) is 24.1 Å². The summed E-state index contributed by atoms with van der Waals surface area (Å²) < 4.78 is 16.2. The van der Waals surface area contributed by atoms with E-state index in [2.05, 4.69) is 0 Å². The van der Waals surface area contributed by atoms with Gasteiger partial charge in [-0.05, 0) is 38.8 Å². The van der Waals surface area contributed by atoms with Crippen LogP contribution in [0.1, 0.15) is 37.5 Å². The van der Waals surface area contributed by atoms with E-state index in [4.69, 9.17) is 14.2 Å². The lowest BCUT2D eigenvalue weighted by Gasteiger charge is -2.32. The van der Waals surface area contributed by atoms with Crippen molar-refractivity contribution in [1.82, 2.24) is 4.90 Å². The van der Waals surface area contributed by atoms with Gasteiger partial charge in [-0.25, -0.2) is 9.59 Å². The summed E-state index contributed by atoms with van der Waals surface area (Å²) in [4.78, 5) is 26.7. The number of phenolic OH excluding ortho intramolecular Hbond substituents is 1. The highest BCUT2D eigenvalue weighted by Crippen LogP contribution is 2.35. The zero-order valence-corrected chi connectivity index (χ0v) is 19.3. The van der Waals surface area contributed by atoms with Crippen LogP contribution in [0.15, 0.2) is 36.4 Å². The Morgan fingerprint density at radius 2 is 1.62 bits per heavy atom. The number of benzene rings is 2. The fourth-order valence-electron chi connectivity index (χ4n) is 3.29. The molecule has 1 unspecified atom stereocenters. The van der Waals surface area contributed by atoms with Crippen molar-refractivity contribution in [2.24, 2.45) is 0 Å². The average Bonchev–Trinajstić information content (AvgIpc) is 2.70. The van der Waals surface area contributed by atoms with Crippen molar-refractivity contribution in [3.05, 3.63) is 53.1 Å². The number of aromatic hydroxyl groups is 1. The number of carbonyl (C=O) groups excluding carboxylic acids is 1. The number of hydrogen-bond acceptors (Lipinski definition) is 6. The van der Waals surface area contributed by atoms with E-state index in [1.807, 2.05) is 31.2 Å². The normalized spacial score (nSPS) is 12.1. The van der Waals surface area contributed by atoms with Gasteiger partial charge in [-0.15, -0.1) is 0 Å². The Morgan fingerprint density at radius 1 is 1.06 bits per heavy atom. The number of ether oxygens (including phenoxy) is 3. The second-order valence-electron chi connectivity index (χ2n) is 8.42. The first-order chi connectivity index (χ1) is 15.0. The summed E-state index contributed by atoms with van der Waals surface area (Å²) in [6.07, 6.45) is -0.863. The van der Waals surface area contributed by atoms with Crippen LogP contribution in [0.5, 0.6) is 17.2 Å². The summed E-state index contributed by atoms with van der Waals surface area (Å²) in [5.74, 6) is -0.777. The van der Waals surface area contributed by atoms with Crippen molar-refractivity contribution in [1.29, 1.82) is 0 Å². The molecule has 2 rings (SSSR count). The second kappa shape index (κ2) is 10.3. The van der Waals surface area contributed by atoms with Crippen molar-refractivity contribution >= 4 is 12.1 Å². The summed E-state index contributed by atoms with van der Waals surface area (Å²) in [5.41, 5.74) is 1.33. The van der Waals surface area contributed by atoms with E-state index in [0.29, 0.717) is 5.56 Å². The first-order valence-corrected chi connectivity index (χ1v) is 10.2. The van der Waals surface area contributed by atoms with Gasteiger partial charge in [-0.3, -0.25) is 4.90 Å². The molecule has 0 spiro atoms. The molecule has 0 saturated carbocycles. The minimum atomic E-state index is -1.28. The number of hydrogen-bond donors (Lipinski definition) is 2. The summed E-state index contributed by atoms with van der Waals surface area (Å²) in [6.45, 7) is 7.10. The number of amides is 1. The summed E-state index contributed by atoms with van der Waals surface area (Å²) in [5, 5.41) is 20.0. The molecular weight excluding hydrogens is 414 g/mol. The minimum absolute atomic E-state index is 0.0429. The Balaban J connectivity index is 2.54. The van der Waals surface area contributed by atoms with Crippen molar-refractivity contribution in [3.8, 4) is 17.2 Å². The van der Waals surface area contributed by atoms with E-state index in [1.54, 1.807) is 20.8 Å². The number of carbonyl (C=O) groups is 2. The fraction of sp³-hybridized carbons (Fsp3) is 0.417. The third-order valence-corrected chi connectivity index (χ3v) is 4.88. The number of carboxylic acid groups (broad SMARTS) is 1. The molecule has 32 heavy (non-hydrogen) atoms. The molecule has 0 aliphatic carbocycles. The minimum Gasteiger partial charge on any atom is -0.508 e. The number of rotatable bonds is 8. The molecular formula is C24H31NO7. The summed E-state index contributed by atoms with van der Waals surface area (Å²) >= 11 is 0. The van der Waals surface area contributed by atoms with Crippen LogP contribution < -0.4 is 9.47 Å². The second-order valence-corrected chi connectivity index (χ2v) is 8.42. The molecule has 2 aromatic carbocycles. The number of methoxy groups -OCH3 is 2. The molecule has 8 nitrogen and oxygen atoms in total. The molecule has 174 valence electrons. The van der Waals surface area contributed by atoms with Gasteiger partial charge in [0.25, 0.3) is 0 Å². The highest BCUT2D eigenvalue weighted by molar-refractivity contribution is 5.81. The van der Waals surface area contributed by atoms with E-state index in [0.717, 1.165) is 11.1 Å². The van der Waals surface area contributed by atoms with Gasteiger partial charge in [0.15, 0.2) is 0 Å². The molecule has 8 heteroatoms. The molecule has 2 aromatic rings. The van der Waals surface area contributed by atoms with Gasteiger partial charge >= 0.3 is 12.1 Å². The highest BCUT2D eigenvalue weighted by atomic mass is 16.6. The first-order valence-electron chi connectivity index (χ1n) is 10.2. The lowest BCUT2D eigenvalue weighted by Crippen LogP contribution is -2.48. The van der Waals surface area contributed by atoms with Crippen LogP contribution in [-0.2, 0) is 22.5 Å². The zero-order valence-electron chi connectivity index (χ0n) is 19.3. The van der Waals surface area contributed by atoms with Crippen LogP contribution >= 0.6 is 0 Å². The first kappa shape index (κ1) is 24.8. The third kappa shape index (κ3) is 6.29. The van der Waals surface area contributed by atoms with Crippen LogP contribution in [0.4, 0.5) is 4.79 Å². The number of aliphatic carboxylic acids is 1. The van der Waals surface area contributed by atoms with Crippen molar-refractivity contribution < 1.29 is 34.0 Å². The monoisotopic (exact) mass is 445 g/mol. The number of carboxylic acids is 1. The van der Waals surface area contributed by atoms with Gasteiger partial charge in [0.05, 0.1) is 20.8 Å². The quantitative estimate of drug-likeness (QED) is 0.629. The molecule has 1 amide bonds. The van der Waals surface area contributed by atoms with Crippen LogP contribution in [-0.4, -0.2) is 53.0 Å². The van der Waals surface area contributed by atoms with Gasteiger partial charge in [0.1, 0.15) is 28.9 Å². The highest BCUT2D eigenvalue weighted by Gasteiger charge is 2.35. The number of phenols is 1. The molecule has 0 heterocycles. The predicted molar refractivity (Wildman–Crippen MR) is 119 cm³/mol. The van der Waals surface area contributed by atoms with Gasteiger partial charge < -0.3 is 24.4 Å². The maximum absolute atomic E-state index is 13.1. The van der Waals surface area contributed by atoms with E-state index in [-0.39, 0.29) is 30.2 Å². The molecule has 0 aromatic heterocycles. The smallest absolute Gasteiger partial charge is 0.411 e. The van der Waals surface area contributed by atoms with Crippen LogP contribution in [0.2, 0.25) is 0 Å². The maximum Gasteiger partial charge on any atom is 0.411 e. The lowest BCUT2D eigenvalue weighted by atomic mass is 10.0. The standard InChI is InChI=1S/C24H31NO7/c1-15-9-7-8-10-16(15)14-25(23(29)32-24(2,3)4)19(22(27)28)13-18-20(30-5)11-17(26)12-21(18)31-6/h7-12,19,26H,13-14H2,1-6H3,(H,27,28). The van der Waals surface area contributed by atoms with Crippen molar-refractivity contribution in [2.75, 3.05) is 14.2 Å². The van der Waals surface area contributed by atoms with Crippen molar-refractivity contribution in [3.63, 3.8) is 0 Å². The Bertz CT molecular complexity index is 940. The van der Waals surface area contributed by atoms with E-state index in [9.17, 15) is 19.8 Å². The van der Waals surface area contributed by atoms with E-state index in [1.165, 1.54) is 31.3 Å². The molecule has 0 radical (unpaired) electrons. The molecule has 0 fully saturated rings. The Kier molecular flexibility index (Phi) is 7.97. The largest absolute Gasteiger partial charge is 0.508 e. The topological polar surface area (TPSA) is 106 Å². The molecule has 0 saturated heterocycles. The van der Waals surface area contributed by atoms with Crippen LogP contribution in [0.25, 0.3) is 0 Å². The summed E-state index contributed by atoms with van der Waals surface area (Å²) in [6, 6.07) is 8.90. The van der Waals surface area contributed by atoms with E-state index < -0.39 is 23.7 Å². The van der Waals surface area contributed by atoms with Gasteiger partial charge in [-0.1, -0.05) is 24.3 Å². The van der Waals surface area contributed by atoms with Gasteiger partial charge in [-0.2, -0.15) is 0 Å². The lowest BCUT2D eigenvalue weighted by molar-refractivity contribution is -0.143. The third-order valence-electron chi connectivity index (χ3n) is 4.88. The Labute approximate surface area is 188 Å². The average molecular weight is 446 g/mol. The van der Waals surface area contributed by atoms with Crippen molar-refractivity contribution in [2.45, 2.75) is 52.3 Å². The van der Waals surface area contributed by atoms with Gasteiger partial charge in [0.2, 0.25) is 0 Å². The zero-order chi connectivity index (χ0) is 24.1. The molecule has 0 bridgehead atoms. The molecule has 0 aliphatic heterocycles. The van der Waals surface area contributed by atoms with Crippen LogP contribution in [0, 0.1) is 6.92 Å². The Hall–Kier alpha value is -3.42. The van der Waals surface area contributed by atoms with Crippen LogP contribution in [0.3, 0.4) is 0 Å². The SMILES string of the molecule is COc1cc(O)cc(OC)c1CC(C(=O)O)N(Cc1ccccc1C)C(=O)OC(C)(C)C. The summed E-state index contributed by atoms with van der Waals surface area (Å²) in [7, 11) is 2.82. The number of nitrogens with zero attached hydrogens (tertiary/aromatic N) is 1. The molecule has 0 aliphatic rings. The van der Waals surface area contributed by atoms with E-state index >= 15 is 0 Å².